The fourth-order valence-corrected chi connectivity index (χ4v) is 4.32. The molecule has 0 aliphatic heterocycles. The quantitative estimate of drug-likeness (QED) is 0.442. The highest BCUT2D eigenvalue weighted by molar-refractivity contribution is 8.02. The van der Waals surface area contributed by atoms with Gasteiger partial charge in [-0.15, -0.1) is 11.3 Å². The molecule has 0 aliphatic rings. The number of hydrogen-bond donors (Lipinski definition) is 1. The average molecular weight is 394 g/mol. The topological polar surface area (TPSA) is 64.6 Å². The number of methoxy groups -OCH3 is 1. The summed E-state index contributed by atoms with van der Waals surface area (Å²) in [5.41, 5.74) is 0.640. The molecule has 2 aromatic rings. The third kappa shape index (κ3) is 5.02. The van der Waals surface area contributed by atoms with Gasteiger partial charge in [0, 0.05) is 19.9 Å². The number of thiophene rings is 1. The number of rotatable bonds is 4. The van der Waals surface area contributed by atoms with Crippen LogP contribution in [0.25, 0.3) is 10.1 Å². The maximum Gasteiger partial charge on any atom is 0.412 e. The first-order valence-corrected chi connectivity index (χ1v) is 9.76. The minimum absolute atomic E-state index is 0.0359. The summed E-state index contributed by atoms with van der Waals surface area (Å²) in [6.45, 7) is 9.46. The third-order valence-corrected chi connectivity index (χ3v) is 5.84. The van der Waals surface area contributed by atoms with E-state index in [1.54, 1.807) is 37.5 Å². The van der Waals surface area contributed by atoms with Gasteiger partial charge in [-0.25, -0.2) is 9.59 Å². The summed E-state index contributed by atoms with van der Waals surface area (Å²) in [4.78, 5) is 26.2. The number of benzene rings is 1. The Morgan fingerprint density at radius 3 is 2.54 bits per heavy atom. The Morgan fingerprint density at radius 1 is 1.23 bits per heavy atom. The van der Waals surface area contributed by atoms with Gasteiger partial charge >= 0.3 is 12.1 Å². The molecule has 0 aliphatic carbocycles. The number of esters is 1. The van der Waals surface area contributed by atoms with Crippen molar-refractivity contribution in [2.24, 2.45) is 0 Å². The van der Waals surface area contributed by atoms with Gasteiger partial charge in [0.15, 0.2) is 0 Å². The van der Waals surface area contributed by atoms with E-state index < -0.39 is 17.7 Å². The molecule has 7 heteroatoms. The molecule has 0 saturated carbocycles. The average Bonchev–Trinajstić information content (AvgIpc) is 2.84. The van der Waals surface area contributed by atoms with E-state index >= 15 is 0 Å². The van der Waals surface area contributed by atoms with E-state index in [-0.39, 0.29) is 5.70 Å². The van der Waals surface area contributed by atoms with Crippen LogP contribution in [-0.4, -0.2) is 24.8 Å². The number of fused-ring (bicyclic) bond motifs is 1. The molecule has 1 heterocycles. The zero-order valence-corrected chi connectivity index (χ0v) is 17.4. The molecule has 1 N–H and O–H groups in total. The van der Waals surface area contributed by atoms with Crippen molar-refractivity contribution >= 4 is 45.2 Å². The maximum atomic E-state index is 12.0. The normalized spacial score (nSPS) is 12.2. The van der Waals surface area contributed by atoms with Gasteiger partial charge in [-0.05, 0) is 51.6 Å². The Bertz CT molecular complexity index is 862. The molecule has 5 nitrogen and oxygen atoms in total. The lowest BCUT2D eigenvalue weighted by Crippen LogP contribution is -2.34. The summed E-state index contributed by atoms with van der Waals surface area (Å²) in [6.07, 6.45) is -0.698. The molecule has 0 fully saturated rings. The second-order valence-corrected chi connectivity index (χ2v) is 8.82. The first-order chi connectivity index (χ1) is 12.1. The highest BCUT2D eigenvalue weighted by Crippen LogP contribution is 2.37. The lowest BCUT2D eigenvalue weighted by molar-refractivity contribution is -0.136. The zero-order chi connectivity index (χ0) is 19.5. The van der Waals surface area contributed by atoms with Crippen LogP contribution in [0.1, 0.15) is 31.2 Å². The zero-order valence-electron chi connectivity index (χ0n) is 15.8. The van der Waals surface area contributed by atoms with Gasteiger partial charge < -0.3 is 9.47 Å². The van der Waals surface area contributed by atoms with E-state index in [1.165, 1.54) is 34.7 Å². The van der Waals surface area contributed by atoms with E-state index in [0.29, 0.717) is 0 Å². The molecule has 26 heavy (non-hydrogen) atoms. The Hall–Kier alpha value is -1.99. The second kappa shape index (κ2) is 8.14. The Kier molecular flexibility index (Phi) is 6.36. The number of ether oxygens (including phenoxy) is 2. The van der Waals surface area contributed by atoms with Crippen LogP contribution >= 0.6 is 23.1 Å². The standard InChI is InChI=1S/C19H23NO4S2/c1-11-12(2)26-16-13(11)8-7-9-15(16)25-10-14(17(21)23-6)20-18(22)24-19(3,4)5/h7-10H,1-6H3,(H,20,22)/b14-10+. The van der Waals surface area contributed by atoms with Crippen LogP contribution in [0, 0.1) is 13.8 Å². The number of thioether (sulfide) groups is 1. The Balaban J connectivity index is 2.27. The fourth-order valence-electron chi connectivity index (χ4n) is 2.20. The number of hydrogen-bond acceptors (Lipinski definition) is 6. The van der Waals surface area contributed by atoms with E-state index in [2.05, 4.69) is 25.2 Å². The van der Waals surface area contributed by atoms with Crippen molar-refractivity contribution in [3.8, 4) is 0 Å². The highest BCUT2D eigenvalue weighted by Gasteiger charge is 2.20. The lowest BCUT2D eigenvalue weighted by Gasteiger charge is -2.20. The molecule has 0 bridgehead atoms. The van der Waals surface area contributed by atoms with Crippen molar-refractivity contribution in [1.29, 1.82) is 0 Å². The van der Waals surface area contributed by atoms with E-state index in [4.69, 9.17) is 9.47 Å². The lowest BCUT2D eigenvalue weighted by atomic mass is 10.1. The first kappa shape index (κ1) is 20.3. The first-order valence-electron chi connectivity index (χ1n) is 8.06. The minimum Gasteiger partial charge on any atom is -0.464 e. The van der Waals surface area contributed by atoms with Crippen molar-refractivity contribution in [3.05, 3.63) is 39.7 Å². The summed E-state index contributed by atoms with van der Waals surface area (Å²) in [6, 6.07) is 6.06. The van der Waals surface area contributed by atoms with Crippen molar-refractivity contribution in [3.63, 3.8) is 0 Å². The largest absolute Gasteiger partial charge is 0.464 e. The number of aryl methyl sites for hydroxylation is 2. The van der Waals surface area contributed by atoms with Crippen LogP contribution in [-0.2, 0) is 14.3 Å². The summed E-state index contributed by atoms with van der Waals surface area (Å²) in [7, 11) is 1.27. The molecule has 2 rings (SSSR count). The monoisotopic (exact) mass is 393 g/mol. The molecule has 0 spiro atoms. The maximum absolute atomic E-state index is 12.0. The minimum atomic E-state index is -0.698. The van der Waals surface area contributed by atoms with E-state index in [0.717, 1.165) is 9.60 Å². The summed E-state index contributed by atoms with van der Waals surface area (Å²) in [5.74, 6) is -0.630. The van der Waals surface area contributed by atoms with E-state index in [1.807, 2.05) is 12.1 Å². The van der Waals surface area contributed by atoms with Crippen molar-refractivity contribution in [2.75, 3.05) is 7.11 Å². The van der Waals surface area contributed by atoms with Crippen molar-refractivity contribution in [2.45, 2.75) is 45.1 Å². The van der Waals surface area contributed by atoms with Gasteiger partial charge in [0.2, 0.25) is 0 Å². The van der Waals surface area contributed by atoms with Crippen LogP contribution < -0.4 is 5.32 Å². The smallest absolute Gasteiger partial charge is 0.412 e. The van der Waals surface area contributed by atoms with Gasteiger partial charge in [0.1, 0.15) is 11.3 Å². The van der Waals surface area contributed by atoms with Gasteiger partial charge in [0.25, 0.3) is 0 Å². The molecular formula is C19H23NO4S2. The van der Waals surface area contributed by atoms with Crippen LogP contribution in [0.15, 0.2) is 34.2 Å². The number of nitrogens with one attached hydrogen (secondary N) is 1. The number of carbonyl (C=O) groups is 2. The summed E-state index contributed by atoms with van der Waals surface area (Å²) >= 11 is 3.08. The van der Waals surface area contributed by atoms with E-state index in [9.17, 15) is 9.59 Å². The molecule has 1 aromatic carbocycles. The molecule has 0 unspecified atom stereocenters. The van der Waals surface area contributed by atoms with Crippen LogP contribution in [0.3, 0.4) is 0 Å². The predicted octanol–water partition coefficient (Wildman–Crippen LogP) is 5.15. The number of carbonyl (C=O) groups excluding carboxylic acids is 2. The van der Waals surface area contributed by atoms with Gasteiger partial charge in [-0.3, -0.25) is 5.32 Å². The molecular weight excluding hydrogens is 370 g/mol. The highest BCUT2D eigenvalue weighted by atomic mass is 32.2. The summed E-state index contributed by atoms with van der Waals surface area (Å²) < 4.78 is 11.1. The number of alkyl carbamates (subject to hydrolysis) is 1. The Labute approximate surface area is 161 Å². The molecule has 1 amide bonds. The second-order valence-electron chi connectivity index (χ2n) is 6.68. The molecule has 140 valence electrons. The Morgan fingerprint density at radius 2 is 1.92 bits per heavy atom. The third-order valence-electron chi connectivity index (χ3n) is 3.51. The van der Waals surface area contributed by atoms with Gasteiger partial charge in [-0.1, -0.05) is 23.9 Å². The molecule has 0 atom stereocenters. The predicted molar refractivity (Wildman–Crippen MR) is 107 cm³/mol. The summed E-state index contributed by atoms with van der Waals surface area (Å²) in [5, 5.41) is 5.25. The van der Waals surface area contributed by atoms with Crippen molar-refractivity contribution < 1.29 is 19.1 Å². The fraction of sp³-hybridized carbons (Fsp3) is 0.368. The molecule has 1 aromatic heterocycles. The van der Waals surface area contributed by atoms with Crippen molar-refractivity contribution in [1.82, 2.24) is 5.32 Å². The van der Waals surface area contributed by atoms with Crippen LogP contribution in [0.4, 0.5) is 4.79 Å². The van der Waals surface area contributed by atoms with Crippen LogP contribution in [0.2, 0.25) is 0 Å². The van der Waals surface area contributed by atoms with Gasteiger partial charge in [-0.2, -0.15) is 0 Å². The van der Waals surface area contributed by atoms with Crippen LogP contribution in [0.5, 0.6) is 0 Å². The number of amides is 1. The molecule has 0 saturated heterocycles. The molecule has 0 radical (unpaired) electrons. The van der Waals surface area contributed by atoms with Gasteiger partial charge in [0.05, 0.1) is 7.11 Å². The SMILES string of the molecule is COC(=O)/C(=C\Sc1cccc2c(C)c(C)sc12)NC(=O)OC(C)(C)C.